The summed E-state index contributed by atoms with van der Waals surface area (Å²) in [7, 11) is 0. The standard InChI is InChI=1S/C5H10I/c1-3-4-5(2)6/h5H,2-4H2,1H3. The summed E-state index contributed by atoms with van der Waals surface area (Å²) in [5.41, 5.74) is 0. The third-order valence-electron chi connectivity index (χ3n) is 0.602. The predicted molar refractivity (Wildman–Crippen MR) is 38.1 cm³/mol. The highest BCUT2D eigenvalue weighted by atomic mass is 127. The van der Waals surface area contributed by atoms with Crippen molar-refractivity contribution in [3.63, 3.8) is 0 Å². The van der Waals surface area contributed by atoms with Gasteiger partial charge in [0.2, 0.25) is 0 Å². The van der Waals surface area contributed by atoms with Crippen LogP contribution in [0.5, 0.6) is 0 Å². The van der Waals surface area contributed by atoms with Gasteiger partial charge in [0.05, 0.1) is 0 Å². The quantitative estimate of drug-likeness (QED) is 0.471. The maximum atomic E-state index is 3.81. The molecular weight excluding hydrogens is 187 g/mol. The third-order valence-corrected chi connectivity index (χ3v) is 1.22. The van der Waals surface area contributed by atoms with Crippen molar-refractivity contribution in [3.05, 3.63) is 6.92 Å². The molecule has 1 atom stereocenters. The summed E-state index contributed by atoms with van der Waals surface area (Å²) >= 11 is 2.33. The fourth-order valence-electron chi connectivity index (χ4n) is 0.313. The van der Waals surface area contributed by atoms with Crippen LogP contribution in [0.15, 0.2) is 0 Å². The van der Waals surface area contributed by atoms with Crippen LogP contribution in [0.3, 0.4) is 0 Å². The summed E-state index contributed by atoms with van der Waals surface area (Å²) in [4.78, 5) is 0. The molecule has 0 fully saturated rings. The Kier molecular flexibility index (Phi) is 4.38. The first-order chi connectivity index (χ1) is 2.77. The van der Waals surface area contributed by atoms with Crippen molar-refractivity contribution < 1.29 is 0 Å². The maximum Gasteiger partial charge on any atom is 0.0110 e. The summed E-state index contributed by atoms with van der Waals surface area (Å²) < 4.78 is 0.618. The fraction of sp³-hybridized carbons (Fsp3) is 0.800. The van der Waals surface area contributed by atoms with Crippen LogP contribution in [0.1, 0.15) is 19.8 Å². The Morgan fingerprint density at radius 3 is 2.33 bits per heavy atom. The summed E-state index contributed by atoms with van der Waals surface area (Å²) in [6.07, 6.45) is 2.51. The zero-order valence-corrected chi connectivity index (χ0v) is 6.23. The van der Waals surface area contributed by atoms with Gasteiger partial charge in [-0.2, -0.15) is 0 Å². The Morgan fingerprint density at radius 2 is 2.33 bits per heavy atom. The number of rotatable bonds is 2. The molecular formula is C5H10I. The second kappa shape index (κ2) is 3.90. The Bertz CT molecular complexity index is 25.1. The molecule has 0 N–H and O–H groups in total. The smallest absolute Gasteiger partial charge is 0.0110 e. The van der Waals surface area contributed by atoms with Crippen LogP contribution >= 0.6 is 22.6 Å². The van der Waals surface area contributed by atoms with E-state index in [-0.39, 0.29) is 0 Å². The molecule has 0 rings (SSSR count). The molecule has 0 aromatic heterocycles. The van der Waals surface area contributed by atoms with Crippen molar-refractivity contribution in [1.29, 1.82) is 0 Å². The van der Waals surface area contributed by atoms with E-state index < -0.39 is 0 Å². The zero-order valence-electron chi connectivity index (χ0n) is 4.08. The lowest BCUT2D eigenvalue weighted by Gasteiger charge is -1.93. The van der Waals surface area contributed by atoms with Crippen LogP contribution in [0.2, 0.25) is 0 Å². The molecule has 0 aromatic rings. The minimum absolute atomic E-state index is 0.618. The van der Waals surface area contributed by atoms with Crippen LogP contribution in [-0.2, 0) is 0 Å². The summed E-state index contributed by atoms with van der Waals surface area (Å²) in [5.74, 6) is 0. The van der Waals surface area contributed by atoms with Crippen molar-refractivity contribution in [1.82, 2.24) is 0 Å². The second-order valence-electron chi connectivity index (χ2n) is 1.39. The van der Waals surface area contributed by atoms with Gasteiger partial charge >= 0.3 is 0 Å². The molecule has 0 saturated heterocycles. The molecule has 0 bridgehead atoms. The molecule has 0 aliphatic carbocycles. The van der Waals surface area contributed by atoms with Crippen molar-refractivity contribution in [3.8, 4) is 0 Å². The van der Waals surface area contributed by atoms with Gasteiger partial charge in [-0.25, -0.2) is 0 Å². The molecule has 0 aliphatic rings. The molecule has 0 aromatic carbocycles. The fourth-order valence-corrected chi connectivity index (χ4v) is 0.936. The van der Waals surface area contributed by atoms with E-state index in [1.807, 2.05) is 0 Å². The molecule has 1 unspecified atom stereocenters. The first-order valence-corrected chi connectivity index (χ1v) is 3.49. The highest BCUT2D eigenvalue weighted by molar-refractivity contribution is 14.1. The molecule has 0 heterocycles. The Morgan fingerprint density at radius 1 is 1.83 bits per heavy atom. The lowest BCUT2D eigenvalue weighted by molar-refractivity contribution is 0.843. The van der Waals surface area contributed by atoms with Crippen LogP contribution in [0.4, 0.5) is 0 Å². The van der Waals surface area contributed by atoms with Crippen LogP contribution in [-0.4, -0.2) is 3.92 Å². The number of halogens is 1. The zero-order chi connectivity index (χ0) is 4.99. The topological polar surface area (TPSA) is 0 Å². The number of hydrogen-bond donors (Lipinski definition) is 0. The molecule has 1 radical (unpaired) electrons. The molecule has 6 heavy (non-hydrogen) atoms. The lowest BCUT2D eigenvalue weighted by Crippen LogP contribution is -1.85. The maximum absolute atomic E-state index is 3.81. The van der Waals surface area contributed by atoms with E-state index in [0.29, 0.717) is 3.92 Å². The minimum atomic E-state index is 0.618. The average Bonchev–Trinajstić information content (AvgIpc) is 1.35. The van der Waals surface area contributed by atoms with E-state index in [1.165, 1.54) is 12.8 Å². The summed E-state index contributed by atoms with van der Waals surface area (Å²) in [6.45, 7) is 5.99. The Labute approximate surface area is 53.5 Å². The third kappa shape index (κ3) is 4.73. The van der Waals surface area contributed by atoms with E-state index in [2.05, 4.69) is 36.4 Å². The second-order valence-corrected chi connectivity index (χ2v) is 3.15. The SMILES string of the molecule is [CH2]C(I)CCC. The molecule has 0 amide bonds. The first kappa shape index (κ1) is 6.73. The van der Waals surface area contributed by atoms with Crippen LogP contribution in [0.25, 0.3) is 0 Å². The molecule has 0 aliphatic heterocycles. The van der Waals surface area contributed by atoms with E-state index in [0.717, 1.165) is 0 Å². The van der Waals surface area contributed by atoms with Crippen LogP contribution < -0.4 is 0 Å². The van der Waals surface area contributed by atoms with Gasteiger partial charge in [0, 0.05) is 3.92 Å². The predicted octanol–water partition coefficient (Wildman–Crippen LogP) is 2.42. The summed E-state index contributed by atoms with van der Waals surface area (Å²) in [6, 6.07) is 0. The minimum Gasteiger partial charge on any atom is -0.0826 e. The van der Waals surface area contributed by atoms with Gasteiger partial charge in [-0.1, -0.05) is 35.9 Å². The Hall–Kier alpha value is 0.730. The molecule has 0 saturated carbocycles. The Balaban J connectivity index is 2.63. The van der Waals surface area contributed by atoms with Crippen LogP contribution in [0, 0.1) is 6.92 Å². The van der Waals surface area contributed by atoms with E-state index in [1.54, 1.807) is 0 Å². The van der Waals surface area contributed by atoms with E-state index in [4.69, 9.17) is 0 Å². The van der Waals surface area contributed by atoms with E-state index >= 15 is 0 Å². The summed E-state index contributed by atoms with van der Waals surface area (Å²) in [5, 5.41) is 0. The van der Waals surface area contributed by atoms with Gasteiger partial charge in [0.1, 0.15) is 0 Å². The van der Waals surface area contributed by atoms with Gasteiger partial charge in [-0.05, 0) is 13.3 Å². The van der Waals surface area contributed by atoms with Crippen molar-refractivity contribution in [2.75, 3.05) is 0 Å². The highest BCUT2D eigenvalue weighted by Crippen LogP contribution is 2.04. The molecule has 37 valence electrons. The van der Waals surface area contributed by atoms with Crippen molar-refractivity contribution >= 4 is 22.6 Å². The highest BCUT2D eigenvalue weighted by Gasteiger charge is 1.88. The van der Waals surface area contributed by atoms with Gasteiger partial charge in [-0.15, -0.1) is 0 Å². The monoisotopic (exact) mass is 197 g/mol. The van der Waals surface area contributed by atoms with Gasteiger partial charge in [-0.3, -0.25) is 0 Å². The number of alkyl halides is 1. The van der Waals surface area contributed by atoms with Gasteiger partial charge in [0.25, 0.3) is 0 Å². The normalized spacial score (nSPS) is 14.5. The molecule has 0 nitrogen and oxygen atoms in total. The van der Waals surface area contributed by atoms with Crippen molar-refractivity contribution in [2.24, 2.45) is 0 Å². The average molecular weight is 197 g/mol. The first-order valence-electron chi connectivity index (χ1n) is 2.24. The number of hydrogen-bond acceptors (Lipinski definition) is 0. The van der Waals surface area contributed by atoms with Gasteiger partial charge in [0.15, 0.2) is 0 Å². The largest absolute Gasteiger partial charge is 0.0826 e. The lowest BCUT2D eigenvalue weighted by atomic mass is 10.3. The molecule has 0 spiro atoms. The molecule has 1 heteroatoms. The van der Waals surface area contributed by atoms with Gasteiger partial charge < -0.3 is 0 Å². The van der Waals surface area contributed by atoms with Crippen molar-refractivity contribution in [2.45, 2.75) is 23.7 Å². The van der Waals surface area contributed by atoms with E-state index in [9.17, 15) is 0 Å².